The lowest BCUT2D eigenvalue weighted by atomic mass is 9.98. The minimum atomic E-state index is 0.364. The van der Waals surface area contributed by atoms with Gasteiger partial charge in [0.15, 0.2) is 5.82 Å². The molecule has 1 saturated heterocycles. The van der Waals surface area contributed by atoms with Crippen LogP contribution in [0.3, 0.4) is 0 Å². The summed E-state index contributed by atoms with van der Waals surface area (Å²) in [6.07, 6.45) is 4.02. The maximum atomic E-state index is 6.03. The average molecular weight is 271 g/mol. The molecule has 0 radical (unpaired) electrons. The first-order chi connectivity index (χ1) is 8.69. The van der Waals surface area contributed by atoms with Gasteiger partial charge in [0.1, 0.15) is 5.02 Å². The largest absolute Gasteiger partial charge is 0.368 e. The van der Waals surface area contributed by atoms with Crippen LogP contribution in [0.15, 0.2) is 6.20 Å². The Morgan fingerprint density at radius 1 is 1.61 bits per heavy atom. The maximum Gasteiger partial charge on any atom is 0.239 e. The summed E-state index contributed by atoms with van der Waals surface area (Å²) in [5.41, 5.74) is 2.41. The molecule has 2 heterocycles. The zero-order valence-electron chi connectivity index (χ0n) is 10.5. The minimum Gasteiger partial charge on any atom is -0.368 e. The molecule has 1 fully saturated rings. The Balaban J connectivity index is 1.92. The first-order valence-corrected chi connectivity index (χ1v) is 6.48. The van der Waals surface area contributed by atoms with Gasteiger partial charge >= 0.3 is 0 Å². The number of piperidine rings is 1. The topological polar surface area (TPSA) is 79.1 Å². The fourth-order valence-electron chi connectivity index (χ4n) is 2.24. The molecule has 0 bridgehead atoms. The van der Waals surface area contributed by atoms with E-state index in [4.69, 9.17) is 17.4 Å². The maximum absolute atomic E-state index is 6.03. The van der Waals surface area contributed by atoms with E-state index in [9.17, 15) is 0 Å². The van der Waals surface area contributed by atoms with Crippen LogP contribution in [0.1, 0.15) is 12.8 Å². The van der Waals surface area contributed by atoms with Crippen molar-refractivity contribution in [3.8, 4) is 0 Å². The third-order valence-electron chi connectivity index (χ3n) is 3.15. The number of rotatable bonds is 4. The molecule has 0 saturated carbocycles. The number of nitrogens with one attached hydrogen (secondary N) is 2. The molecule has 7 heteroatoms. The van der Waals surface area contributed by atoms with Crippen molar-refractivity contribution in [1.82, 2.24) is 14.9 Å². The Bertz CT molecular complexity index is 399. The lowest BCUT2D eigenvalue weighted by Gasteiger charge is -2.29. The van der Waals surface area contributed by atoms with Crippen LogP contribution in [0.25, 0.3) is 0 Å². The highest BCUT2D eigenvalue weighted by molar-refractivity contribution is 6.32. The number of nitrogen functional groups attached to an aromatic ring is 1. The normalized spacial score (nSPS) is 20.7. The lowest BCUT2D eigenvalue weighted by molar-refractivity contribution is 0.217. The number of anilines is 2. The number of aromatic nitrogens is 2. The van der Waals surface area contributed by atoms with Crippen LogP contribution in [0, 0.1) is 5.92 Å². The molecule has 1 aromatic rings. The Morgan fingerprint density at radius 3 is 3.17 bits per heavy atom. The van der Waals surface area contributed by atoms with Crippen LogP contribution >= 0.6 is 11.6 Å². The van der Waals surface area contributed by atoms with Gasteiger partial charge in [0.2, 0.25) is 5.95 Å². The van der Waals surface area contributed by atoms with E-state index in [2.05, 4.69) is 32.7 Å². The van der Waals surface area contributed by atoms with E-state index in [1.807, 2.05) is 0 Å². The van der Waals surface area contributed by atoms with Crippen LogP contribution in [0.5, 0.6) is 0 Å². The number of nitrogens with zero attached hydrogens (tertiary/aromatic N) is 3. The molecule has 100 valence electrons. The summed E-state index contributed by atoms with van der Waals surface area (Å²) in [7, 11) is 2.15. The predicted octanol–water partition coefficient (Wildman–Crippen LogP) is 1.17. The molecule has 18 heavy (non-hydrogen) atoms. The summed E-state index contributed by atoms with van der Waals surface area (Å²) in [4.78, 5) is 10.5. The number of hydrogen-bond acceptors (Lipinski definition) is 6. The smallest absolute Gasteiger partial charge is 0.239 e. The van der Waals surface area contributed by atoms with Crippen molar-refractivity contribution in [3.05, 3.63) is 11.2 Å². The molecule has 1 unspecified atom stereocenters. The van der Waals surface area contributed by atoms with Crippen LogP contribution in [0.4, 0.5) is 11.8 Å². The number of nitrogens with two attached hydrogens (primary N) is 1. The van der Waals surface area contributed by atoms with Gasteiger partial charge in [0, 0.05) is 13.1 Å². The highest BCUT2D eigenvalue weighted by Gasteiger charge is 2.17. The van der Waals surface area contributed by atoms with E-state index >= 15 is 0 Å². The summed E-state index contributed by atoms with van der Waals surface area (Å²) < 4.78 is 0. The summed E-state index contributed by atoms with van der Waals surface area (Å²) >= 11 is 6.03. The molecule has 6 nitrogen and oxygen atoms in total. The SMILES string of the molecule is CN1CCCC(CNc2nc(NN)ncc2Cl)C1. The second-order valence-corrected chi connectivity index (χ2v) is 5.09. The van der Waals surface area contributed by atoms with Gasteiger partial charge in [0.25, 0.3) is 0 Å². The number of hydrogen-bond donors (Lipinski definition) is 3. The molecule has 0 amide bonds. The number of likely N-dealkylation sites (tertiary alicyclic amines) is 1. The molecule has 2 rings (SSSR count). The van der Waals surface area contributed by atoms with E-state index in [0.717, 1.165) is 13.1 Å². The van der Waals surface area contributed by atoms with Crippen LogP contribution in [0.2, 0.25) is 5.02 Å². The third kappa shape index (κ3) is 3.44. The zero-order chi connectivity index (χ0) is 13.0. The van der Waals surface area contributed by atoms with E-state index in [1.54, 1.807) is 6.20 Å². The molecule has 1 aromatic heterocycles. The molecular weight excluding hydrogens is 252 g/mol. The Hall–Kier alpha value is -1.11. The second kappa shape index (κ2) is 6.17. The van der Waals surface area contributed by atoms with Crippen LogP contribution < -0.4 is 16.6 Å². The Kier molecular flexibility index (Phi) is 4.57. The molecule has 0 aromatic carbocycles. The Morgan fingerprint density at radius 2 is 2.44 bits per heavy atom. The van der Waals surface area contributed by atoms with Crippen molar-refractivity contribution in [2.45, 2.75) is 12.8 Å². The van der Waals surface area contributed by atoms with E-state index in [0.29, 0.717) is 22.7 Å². The molecule has 0 spiro atoms. The fraction of sp³-hybridized carbons (Fsp3) is 0.636. The highest BCUT2D eigenvalue weighted by Crippen LogP contribution is 2.21. The van der Waals surface area contributed by atoms with Crippen molar-refractivity contribution in [2.24, 2.45) is 11.8 Å². The van der Waals surface area contributed by atoms with Crippen molar-refractivity contribution in [2.75, 3.05) is 37.4 Å². The molecular formula is C11H19ClN6. The summed E-state index contributed by atoms with van der Waals surface area (Å²) in [6.45, 7) is 3.16. The van der Waals surface area contributed by atoms with Gasteiger partial charge in [-0.15, -0.1) is 0 Å². The summed E-state index contributed by atoms with van der Waals surface area (Å²) in [5.74, 6) is 6.90. The summed E-state index contributed by atoms with van der Waals surface area (Å²) in [6, 6.07) is 0. The first-order valence-electron chi connectivity index (χ1n) is 6.10. The minimum absolute atomic E-state index is 0.364. The van der Waals surface area contributed by atoms with Crippen LogP contribution in [-0.4, -0.2) is 41.5 Å². The molecule has 0 aliphatic carbocycles. The van der Waals surface area contributed by atoms with Gasteiger partial charge in [-0.25, -0.2) is 10.8 Å². The zero-order valence-corrected chi connectivity index (χ0v) is 11.2. The number of hydrazine groups is 1. The van der Waals surface area contributed by atoms with E-state index in [1.165, 1.54) is 19.4 Å². The van der Waals surface area contributed by atoms with Crippen molar-refractivity contribution in [1.29, 1.82) is 0 Å². The van der Waals surface area contributed by atoms with Gasteiger partial charge in [-0.3, -0.25) is 5.43 Å². The predicted molar refractivity (Wildman–Crippen MR) is 73.6 cm³/mol. The van der Waals surface area contributed by atoms with Gasteiger partial charge in [-0.1, -0.05) is 11.6 Å². The first kappa shape index (κ1) is 13.3. The molecule has 1 atom stereocenters. The standard InChI is InChI=1S/C11H19ClN6/c1-18-4-2-3-8(7-18)5-14-10-9(12)6-15-11(16-10)17-13/h6,8H,2-5,7,13H2,1H3,(H2,14,15,16,17). The third-order valence-corrected chi connectivity index (χ3v) is 3.43. The van der Waals surface area contributed by atoms with Gasteiger partial charge in [-0.05, 0) is 32.4 Å². The van der Waals surface area contributed by atoms with Gasteiger partial charge < -0.3 is 10.2 Å². The van der Waals surface area contributed by atoms with E-state index in [-0.39, 0.29) is 0 Å². The Labute approximate surface area is 112 Å². The van der Waals surface area contributed by atoms with Crippen molar-refractivity contribution >= 4 is 23.4 Å². The van der Waals surface area contributed by atoms with E-state index < -0.39 is 0 Å². The van der Waals surface area contributed by atoms with Crippen molar-refractivity contribution in [3.63, 3.8) is 0 Å². The average Bonchev–Trinajstić information content (AvgIpc) is 2.38. The summed E-state index contributed by atoms with van der Waals surface area (Å²) in [5, 5.41) is 3.78. The molecule has 4 N–H and O–H groups in total. The van der Waals surface area contributed by atoms with Gasteiger partial charge in [-0.2, -0.15) is 4.98 Å². The molecule has 1 aliphatic heterocycles. The molecule has 1 aliphatic rings. The number of halogens is 1. The van der Waals surface area contributed by atoms with Crippen LogP contribution in [-0.2, 0) is 0 Å². The quantitative estimate of drug-likeness (QED) is 0.563. The highest BCUT2D eigenvalue weighted by atomic mass is 35.5. The second-order valence-electron chi connectivity index (χ2n) is 4.69. The van der Waals surface area contributed by atoms with Gasteiger partial charge in [0.05, 0.1) is 6.20 Å². The lowest BCUT2D eigenvalue weighted by Crippen LogP contribution is -2.35. The fourth-order valence-corrected chi connectivity index (χ4v) is 2.40. The van der Waals surface area contributed by atoms with Crippen molar-refractivity contribution < 1.29 is 0 Å². The monoisotopic (exact) mass is 270 g/mol.